The second kappa shape index (κ2) is 9.40. The molecule has 4 aromatic rings. The van der Waals surface area contributed by atoms with Crippen LogP contribution in [0.2, 0.25) is 5.02 Å². The molecule has 176 valence electrons. The average molecular weight is 488 g/mol. The minimum absolute atomic E-state index is 0.0796. The van der Waals surface area contributed by atoms with Gasteiger partial charge in [-0.25, -0.2) is 0 Å². The minimum atomic E-state index is -2.87. The van der Waals surface area contributed by atoms with Gasteiger partial charge in [-0.05, 0) is 36.4 Å². The van der Waals surface area contributed by atoms with E-state index >= 15 is 0 Å². The molecule has 0 amide bonds. The summed E-state index contributed by atoms with van der Waals surface area (Å²) in [4.78, 5) is 2.06. The highest BCUT2D eigenvalue weighted by Gasteiger charge is 2.31. The molecule has 0 aliphatic carbocycles. The highest BCUT2D eigenvalue weighted by molar-refractivity contribution is 6.30. The van der Waals surface area contributed by atoms with Crippen LogP contribution in [0.15, 0.2) is 59.1 Å². The third kappa shape index (κ3) is 4.46. The molecule has 1 unspecified atom stereocenters. The van der Waals surface area contributed by atoms with E-state index in [-0.39, 0.29) is 11.8 Å². The quantitative estimate of drug-likeness (QED) is 0.380. The third-order valence-electron chi connectivity index (χ3n) is 5.55. The van der Waals surface area contributed by atoms with Gasteiger partial charge in [-0.1, -0.05) is 28.9 Å². The molecule has 11 heteroatoms. The van der Waals surface area contributed by atoms with Gasteiger partial charge in [-0.2, -0.15) is 8.78 Å². The van der Waals surface area contributed by atoms with Crippen LogP contribution < -0.4 is 9.64 Å². The van der Waals surface area contributed by atoms with Gasteiger partial charge in [0.25, 0.3) is 0 Å². The standard InChI is InChI=1S/C23H20ClF2N5O3/c1-30-21(14-5-7-17(8-6-14)33-22(25)26)27-28-23(30)31-9-10-32-13-19(31)18-12-20(34-29-18)15-3-2-4-16(24)11-15/h2-8,11-12,19,22H,9-10,13H2,1H3. The lowest BCUT2D eigenvalue weighted by Gasteiger charge is -2.34. The van der Waals surface area contributed by atoms with Crippen molar-refractivity contribution in [1.29, 1.82) is 0 Å². The Labute approximate surface area is 198 Å². The fraction of sp³-hybridized carbons (Fsp3) is 0.261. The SMILES string of the molecule is Cn1c(-c2ccc(OC(F)F)cc2)nnc1N1CCOCC1c1cc(-c2cccc(Cl)c2)on1. The van der Waals surface area contributed by atoms with E-state index in [1.54, 1.807) is 18.2 Å². The number of rotatable bonds is 6. The molecule has 1 aliphatic heterocycles. The molecule has 1 aliphatic rings. The van der Waals surface area contributed by atoms with Crippen molar-refractivity contribution in [3.8, 4) is 28.5 Å². The van der Waals surface area contributed by atoms with E-state index in [9.17, 15) is 8.78 Å². The number of anilines is 1. The molecule has 3 heterocycles. The van der Waals surface area contributed by atoms with Crippen LogP contribution in [0.25, 0.3) is 22.7 Å². The molecular weight excluding hydrogens is 468 g/mol. The highest BCUT2D eigenvalue weighted by Crippen LogP contribution is 2.33. The van der Waals surface area contributed by atoms with Crippen molar-refractivity contribution in [2.24, 2.45) is 7.05 Å². The molecule has 0 bridgehead atoms. The van der Waals surface area contributed by atoms with E-state index < -0.39 is 6.61 Å². The average Bonchev–Trinajstić information content (AvgIpc) is 3.47. The van der Waals surface area contributed by atoms with Crippen LogP contribution in [0.5, 0.6) is 5.75 Å². The summed E-state index contributed by atoms with van der Waals surface area (Å²) >= 11 is 6.11. The Morgan fingerprint density at radius 2 is 1.91 bits per heavy atom. The fourth-order valence-electron chi connectivity index (χ4n) is 3.92. The molecule has 8 nitrogen and oxygen atoms in total. The Bertz CT molecular complexity index is 1280. The van der Waals surface area contributed by atoms with Gasteiger partial charge in [0.05, 0.1) is 13.2 Å². The van der Waals surface area contributed by atoms with E-state index in [1.165, 1.54) is 12.1 Å². The van der Waals surface area contributed by atoms with E-state index in [4.69, 9.17) is 20.9 Å². The normalized spacial score (nSPS) is 16.3. The van der Waals surface area contributed by atoms with Crippen molar-refractivity contribution in [2.45, 2.75) is 12.7 Å². The third-order valence-corrected chi connectivity index (χ3v) is 5.79. The minimum Gasteiger partial charge on any atom is -0.435 e. The first-order valence-corrected chi connectivity index (χ1v) is 10.9. The van der Waals surface area contributed by atoms with Gasteiger partial charge in [0.1, 0.15) is 17.5 Å². The Kier molecular flexibility index (Phi) is 6.16. The van der Waals surface area contributed by atoms with E-state index in [2.05, 4.69) is 25.0 Å². The summed E-state index contributed by atoms with van der Waals surface area (Å²) in [7, 11) is 1.85. The van der Waals surface area contributed by atoms with Crippen LogP contribution in [-0.4, -0.2) is 46.3 Å². The first-order chi connectivity index (χ1) is 16.5. The van der Waals surface area contributed by atoms with Crippen LogP contribution in [0.1, 0.15) is 11.7 Å². The molecule has 0 spiro atoms. The van der Waals surface area contributed by atoms with Gasteiger partial charge in [0.15, 0.2) is 11.6 Å². The summed E-state index contributed by atoms with van der Waals surface area (Å²) in [5.74, 6) is 1.90. The Balaban J connectivity index is 1.41. The van der Waals surface area contributed by atoms with Gasteiger partial charge >= 0.3 is 6.61 Å². The molecule has 5 rings (SSSR count). The molecule has 2 aromatic heterocycles. The molecule has 2 aromatic carbocycles. The summed E-state index contributed by atoms with van der Waals surface area (Å²) in [6, 6.07) is 15.3. The molecule has 1 saturated heterocycles. The van der Waals surface area contributed by atoms with Crippen LogP contribution in [0, 0.1) is 0 Å². The summed E-state index contributed by atoms with van der Waals surface area (Å²) in [5, 5.41) is 13.6. The highest BCUT2D eigenvalue weighted by atomic mass is 35.5. The van der Waals surface area contributed by atoms with Gasteiger partial charge < -0.3 is 18.9 Å². The zero-order valence-corrected chi connectivity index (χ0v) is 18.8. The van der Waals surface area contributed by atoms with Crippen LogP contribution >= 0.6 is 11.6 Å². The zero-order valence-electron chi connectivity index (χ0n) is 18.1. The second-order valence-corrected chi connectivity index (χ2v) is 8.13. The summed E-state index contributed by atoms with van der Waals surface area (Å²) in [5.41, 5.74) is 2.25. The number of aromatic nitrogens is 4. The lowest BCUT2D eigenvalue weighted by molar-refractivity contribution is -0.0498. The van der Waals surface area contributed by atoms with Crippen molar-refractivity contribution >= 4 is 17.5 Å². The van der Waals surface area contributed by atoms with Crippen LogP contribution in [-0.2, 0) is 11.8 Å². The van der Waals surface area contributed by atoms with Crippen molar-refractivity contribution in [3.05, 3.63) is 65.3 Å². The summed E-state index contributed by atoms with van der Waals surface area (Å²) in [6.07, 6.45) is 0. The number of ether oxygens (including phenoxy) is 2. The van der Waals surface area contributed by atoms with Crippen molar-refractivity contribution in [2.75, 3.05) is 24.7 Å². The first kappa shape index (κ1) is 22.3. The maximum atomic E-state index is 12.4. The molecule has 1 atom stereocenters. The maximum Gasteiger partial charge on any atom is 0.387 e. The Morgan fingerprint density at radius 3 is 2.68 bits per heavy atom. The summed E-state index contributed by atoms with van der Waals surface area (Å²) < 4.78 is 42.4. The Morgan fingerprint density at radius 1 is 1.09 bits per heavy atom. The molecule has 34 heavy (non-hydrogen) atoms. The Hall–Kier alpha value is -3.50. The number of halogens is 3. The summed E-state index contributed by atoms with van der Waals surface area (Å²) in [6.45, 7) is -1.36. The number of hydrogen-bond donors (Lipinski definition) is 0. The topological polar surface area (TPSA) is 78.4 Å². The number of hydrogen-bond acceptors (Lipinski definition) is 7. The molecule has 1 fully saturated rings. The number of morpholine rings is 1. The molecule has 0 N–H and O–H groups in total. The maximum absolute atomic E-state index is 12.4. The molecular formula is C23H20ClF2N5O3. The molecule has 0 saturated carbocycles. The van der Waals surface area contributed by atoms with E-state index in [0.717, 1.165) is 11.1 Å². The predicted molar refractivity (Wildman–Crippen MR) is 121 cm³/mol. The van der Waals surface area contributed by atoms with Gasteiger partial charge in [-0.15, -0.1) is 10.2 Å². The van der Waals surface area contributed by atoms with E-state index in [1.807, 2.05) is 35.9 Å². The van der Waals surface area contributed by atoms with Crippen LogP contribution in [0.4, 0.5) is 14.7 Å². The van der Waals surface area contributed by atoms with E-state index in [0.29, 0.717) is 48.0 Å². The number of nitrogens with zero attached hydrogens (tertiary/aromatic N) is 5. The monoisotopic (exact) mass is 487 g/mol. The van der Waals surface area contributed by atoms with Crippen molar-refractivity contribution in [1.82, 2.24) is 19.9 Å². The lowest BCUT2D eigenvalue weighted by Crippen LogP contribution is -2.41. The van der Waals surface area contributed by atoms with Crippen LogP contribution in [0.3, 0.4) is 0 Å². The number of benzene rings is 2. The number of alkyl halides is 2. The van der Waals surface area contributed by atoms with Gasteiger partial charge in [0, 0.05) is 35.8 Å². The molecule has 0 radical (unpaired) electrons. The zero-order chi connectivity index (χ0) is 23.7. The predicted octanol–water partition coefficient (Wildman–Crippen LogP) is 4.97. The van der Waals surface area contributed by atoms with Crippen molar-refractivity contribution < 1.29 is 22.8 Å². The lowest BCUT2D eigenvalue weighted by atomic mass is 10.1. The van der Waals surface area contributed by atoms with Crippen molar-refractivity contribution in [3.63, 3.8) is 0 Å². The largest absolute Gasteiger partial charge is 0.435 e. The second-order valence-electron chi connectivity index (χ2n) is 7.70. The fourth-order valence-corrected chi connectivity index (χ4v) is 4.11. The van der Waals surface area contributed by atoms with Gasteiger partial charge in [0.2, 0.25) is 5.95 Å². The van der Waals surface area contributed by atoms with Gasteiger partial charge in [-0.3, -0.25) is 4.57 Å². The first-order valence-electron chi connectivity index (χ1n) is 10.5. The smallest absolute Gasteiger partial charge is 0.387 e.